The van der Waals surface area contributed by atoms with Crippen molar-refractivity contribution >= 4 is 34.2 Å². The highest BCUT2D eigenvalue weighted by Crippen LogP contribution is 2.20. The minimum Gasteiger partial charge on any atom is -0.303 e. The lowest BCUT2D eigenvalue weighted by molar-refractivity contribution is 0.102. The molecule has 5 nitrogen and oxygen atoms in total. The van der Waals surface area contributed by atoms with E-state index in [0.717, 1.165) is 10.9 Å². The molecular formula is C13H9ClN4O. The molecular weight excluding hydrogens is 264 g/mol. The van der Waals surface area contributed by atoms with E-state index in [1.807, 2.05) is 24.3 Å². The molecule has 3 rings (SSSR count). The van der Waals surface area contributed by atoms with E-state index in [0.29, 0.717) is 10.8 Å². The normalized spacial score (nSPS) is 10.6. The predicted octanol–water partition coefficient (Wildman–Crippen LogP) is 2.86. The van der Waals surface area contributed by atoms with Gasteiger partial charge in [0.15, 0.2) is 5.82 Å². The molecule has 0 aliphatic rings. The molecule has 94 valence electrons. The summed E-state index contributed by atoms with van der Waals surface area (Å²) in [5.41, 5.74) is 1.15. The van der Waals surface area contributed by atoms with Gasteiger partial charge in [-0.1, -0.05) is 23.7 Å². The summed E-state index contributed by atoms with van der Waals surface area (Å²) < 4.78 is 0. The van der Waals surface area contributed by atoms with E-state index in [-0.39, 0.29) is 11.6 Å². The van der Waals surface area contributed by atoms with Crippen molar-refractivity contribution in [3.8, 4) is 0 Å². The standard InChI is InChI=1S/C13H9ClN4O/c14-8-5-6-11(15-7-8)13(19)16-12-9-3-1-2-4-10(9)17-18-12/h1-7H,(H2,16,17,18,19). The Morgan fingerprint density at radius 3 is 2.84 bits per heavy atom. The van der Waals surface area contributed by atoms with E-state index in [4.69, 9.17) is 11.6 Å². The van der Waals surface area contributed by atoms with Gasteiger partial charge in [-0.05, 0) is 24.3 Å². The summed E-state index contributed by atoms with van der Waals surface area (Å²) in [6.45, 7) is 0. The molecule has 0 saturated heterocycles. The highest BCUT2D eigenvalue weighted by molar-refractivity contribution is 6.30. The molecule has 1 aromatic carbocycles. The number of anilines is 1. The summed E-state index contributed by atoms with van der Waals surface area (Å²) >= 11 is 5.73. The molecule has 2 N–H and O–H groups in total. The smallest absolute Gasteiger partial charge is 0.275 e. The van der Waals surface area contributed by atoms with Gasteiger partial charge in [0.25, 0.3) is 5.91 Å². The van der Waals surface area contributed by atoms with Crippen molar-refractivity contribution in [1.82, 2.24) is 15.2 Å². The van der Waals surface area contributed by atoms with Crippen LogP contribution in [0.15, 0.2) is 42.6 Å². The number of nitrogens with zero attached hydrogens (tertiary/aromatic N) is 2. The molecule has 0 aliphatic heterocycles. The summed E-state index contributed by atoms with van der Waals surface area (Å²) in [6.07, 6.45) is 1.43. The molecule has 0 aliphatic carbocycles. The number of carbonyl (C=O) groups excluding carboxylic acids is 1. The maximum Gasteiger partial charge on any atom is 0.275 e. The Morgan fingerprint density at radius 1 is 1.21 bits per heavy atom. The van der Waals surface area contributed by atoms with Crippen molar-refractivity contribution in [2.75, 3.05) is 5.32 Å². The fraction of sp³-hybridized carbons (Fsp3) is 0. The Kier molecular flexibility index (Phi) is 2.89. The number of H-pyrrole nitrogens is 1. The largest absolute Gasteiger partial charge is 0.303 e. The topological polar surface area (TPSA) is 70.7 Å². The van der Waals surface area contributed by atoms with Crippen LogP contribution in [-0.2, 0) is 0 Å². The number of hydrogen-bond acceptors (Lipinski definition) is 3. The molecule has 0 fully saturated rings. The minimum absolute atomic E-state index is 0.288. The van der Waals surface area contributed by atoms with Gasteiger partial charge in [-0.3, -0.25) is 9.89 Å². The number of rotatable bonds is 2. The van der Waals surface area contributed by atoms with Crippen molar-refractivity contribution in [3.63, 3.8) is 0 Å². The average molecular weight is 273 g/mol. The third kappa shape index (κ3) is 2.28. The van der Waals surface area contributed by atoms with Crippen LogP contribution in [0.3, 0.4) is 0 Å². The molecule has 19 heavy (non-hydrogen) atoms. The van der Waals surface area contributed by atoms with Gasteiger partial charge in [0.1, 0.15) is 5.69 Å². The lowest BCUT2D eigenvalue weighted by Gasteiger charge is -2.01. The second kappa shape index (κ2) is 4.70. The van der Waals surface area contributed by atoms with Crippen LogP contribution in [0.1, 0.15) is 10.5 Å². The minimum atomic E-state index is -0.325. The first-order valence-electron chi connectivity index (χ1n) is 5.60. The van der Waals surface area contributed by atoms with Gasteiger partial charge in [0.2, 0.25) is 0 Å². The summed E-state index contributed by atoms with van der Waals surface area (Å²) in [5, 5.41) is 11.0. The second-order valence-electron chi connectivity index (χ2n) is 3.93. The average Bonchev–Trinajstić information content (AvgIpc) is 2.83. The van der Waals surface area contributed by atoms with E-state index >= 15 is 0 Å². The van der Waals surface area contributed by atoms with E-state index in [1.54, 1.807) is 12.1 Å². The maximum absolute atomic E-state index is 12.0. The lowest BCUT2D eigenvalue weighted by atomic mass is 10.2. The molecule has 0 spiro atoms. The molecule has 3 aromatic rings. The van der Waals surface area contributed by atoms with Gasteiger partial charge in [-0.25, -0.2) is 4.98 Å². The van der Waals surface area contributed by atoms with Crippen molar-refractivity contribution in [2.24, 2.45) is 0 Å². The Labute approximate surface area is 113 Å². The number of para-hydroxylation sites is 1. The quantitative estimate of drug-likeness (QED) is 0.753. The van der Waals surface area contributed by atoms with Crippen molar-refractivity contribution < 1.29 is 4.79 Å². The van der Waals surface area contributed by atoms with Gasteiger partial charge >= 0.3 is 0 Å². The number of carbonyl (C=O) groups is 1. The highest BCUT2D eigenvalue weighted by Gasteiger charge is 2.11. The Bertz CT molecular complexity index is 736. The maximum atomic E-state index is 12.0. The summed E-state index contributed by atoms with van der Waals surface area (Å²) in [5.74, 6) is 0.159. The van der Waals surface area contributed by atoms with Crippen LogP contribution in [-0.4, -0.2) is 21.1 Å². The van der Waals surface area contributed by atoms with Gasteiger partial charge in [0, 0.05) is 11.6 Å². The molecule has 0 saturated carbocycles. The Balaban J connectivity index is 1.89. The predicted molar refractivity (Wildman–Crippen MR) is 73.3 cm³/mol. The fourth-order valence-corrected chi connectivity index (χ4v) is 1.85. The number of aromatic nitrogens is 3. The van der Waals surface area contributed by atoms with Gasteiger partial charge in [-0.15, -0.1) is 0 Å². The van der Waals surface area contributed by atoms with E-state index in [2.05, 4.69) is 20.5 Å². The van der Waals surface area contributed by atoms with E-state index in [1.165, 1.54) is 6.20 Å². The number of hydrogen-bond donors (Lipinski definition) is 2. The summed E-state index contributed by atoms with van der Waals surface area (Å²) in [6, 6.07) is 10.7. The fourth-order valence-electron chi connectivity index (χ4n) is 1.74. The monoisotopic (exact) mass is 272 g/mol. The SMILES string of the molecule is O=C(Nc1n[nH]c2ccccc12)c1ccc(Cl)cn1. The lowest BCUT2D eigenvalue weighted by Crippen LogP contribution is -2.13. The van der Waals surface area contributed by atoms with Gasteiger partial charge in [-0.2, -0.15) is 5.10 Å². The molecule has 2 aromatic heterocycles. The molecule has 0 unspecified atom stereocenters. The molecule has 1 amide bonds. The number of nitrogens with one attached hydrogen (secondary N) is 2. The summed E-state index contributed by atoms with van der Waals surface area (Å²) in [7, 11) is 0. The van der Waals surface area contributed by atoms with Crippen LogP contribution >= 0.6 is 11.6 Å². The van der Waals surface area contributed by atoms with Crippen LogP contribution in [0.4, 0.5) is 5.82 Å². The molecule has 2 heterocycles. The number of pyridine rings is 1. The van der Waals surface area contributed by atoms with Gasteiger partial charge in [0.05, 0.1) is 10.5 Å². The molecule has 0 radical (unpaired) electrons. The number of halogens is 1. The first-order valence-corrected chi connectivity index (χ1v) is 5.98. The number of aromatic amines is 1. The van der Waals surface area contributed by atoms with Crippen LogP contribution in [0.5, 0.6) is 0 Å². The number of fused-ring (bicyclic) bond motifs is 1. The first kappa shape index (κ1) is 11.7. The molecule has 0 atom stereocenters. The molecule has 6 heteroatoms. The number of amides is 1. The Hall–Kier alpha value is -2.40. The zero-order valence-corrected chi connectivity index (χ0v) is 10.5. The van der Waals surface area contributed by atoms with Crippen molar-refractivity contribution in [3.05, 3.63) is 53.3 Å². The van der Waals surface area contributed by atoms with Gasteiger partial charge < -0.3 is 5.32 Å². The third-order valence-corrected chi connectivity index (χ3v) is 2.89. The van der Waals surface area contributed by atoms with Crippen molar-refractivity contribution in [2.45, 2.75) is 0 Å². The number of benzene rings is 1. The zero-order chi connectivity index (χ0) is 13.2. The zero-order valence-electron chi connectivity index (χ0n) is 9.72. The third-order valence-electron chi connectivity index (χ3n) is 2.66. The van der Waals surface area contributed by atoms with Crippen LogP contribution < -0.4 is 5.32 Å². The first-order chi connectivity index (χ1) is 9.24. The van der Waals surface area contributed by atoms with Crippen LogP contribution in [0.25, 0.3) is 10.9 Å². The van der Waals surface area contributed by atoms with Crippen LogP contribution in [0.2, 0.25) is 5.02 Å². The van der Waals surface area contributed by atoms with Crippen LogP contribution in [0, 0.1) is 0 Å². The summed E-state index contributed by atoms with van der Waals surface area (Å²) in [4.78, 5) is 16.0. The molecule has 0 bridgehead atoms. The van der Waals surface area contributed by atoms with Crippen molar-refractivity contribution in [1.29, 1.82) is 0 Å². The van der Waals surface area contributed by atoms with E-state index in [9.17, 15) is 4.79 Å². The second-order valence-corrected chi connectivity index (χ2v) is 4.37. The Morgan fingerprint density at radius 2 is 2.05 bits per heavy atom. The highest BCUT2D eigenvalue weighted by atomic mass is 35.5. The van der Waals surface area contributed by atoms with E-state index < -0.39 is 0 Å².